The lowest BCUT2D eigenvalue weighted by atomic mass is 10.2. The Morgan fingerprint density at radius 1 is 1.00 bits per heavy atom. The van der Waals surface area contributed by atoms with Gasteiger partial charge < -0.3 is 0 Å². The van der Waals surface area contributed by atoms with Crippen molar-refractivity contribution in [2.75, 3.05) is 0 Å². The predicted molar refractivity (Wildman–Crippen MR) is 48.4 cm³/mol. The van der Waals surface area contributed by atoms with Gasteiger partial charge in [0.1, 0.15) is 0 Å². The van der Waals surface area contributed by atoms with E-state index in [0.717, 1.165) is 0 Å². The van der Waals surface area contributed by atoms with Crippen LogP contribution in [0.15, 0.2) is 42.7 Å². The first-order valence-corrected chi connectivity index (χ1v) is 3.51. The number of pyridine rings is 1. The zero-order valence-corrected chi connectivity index (χ0v) is 6.51. The first-order valence-electron chi connectivity index (χ1n) is 3.51. The second-order valence-corrected chi connectivity index (χ2v) is 2.22. The molecule has 2 heteroatoms. The average Bonchev–Trinajstić information content (AvgIpc) is 2.21. The van der Waals surface area contributed by atoms with Crippen LogP contribution in [0.4, 0.5) is 0 Å². The molecule has 1 aromatic carbocycles. The molecule has 0 aliphatic heterocycles. The number of hydrogen-bond acceptors (Lipinski definition) is 2. The van der Waals surface area contributed by atoms with Crippen LogP contribution in [0.2, 0.25) is 0 Å². The van der Waals surface area contributed by atoms with Gasteiger partial charge in [-0.25, -0.2) is 5.26 Å². The smallest absolute Gasteiger partial charge is 0.0462 e. The van der Waals surface area contributed by atoms with Gasteiger partial charge in [-0.3, -0.25) is 4.98 Å². The zero-order chi connectivity index (χ0) is 8.81. The number of nitriles is 1. The second kappa shape index (κ2) is 4.09. The number of benzene rings is 1. The molecule has 0 aliphatic rings. The van der Waals surface area contributed by atoms with Gasteiger partial charge in [0, 0.05) is 19.0 Å². The molecule has 0 radical (unpaired) electrons. The van der Waals surface area contributed by atoms with E-state index in [9.17, 15) is 0 Å². The molecular formula is C10H8N2. The quantitative estimate of drug-likeness (QED) is 0.587. The summed E-state index contributed by atoms with van der Waals surface area (Å²) in [6.07, 6.45) is 3.68. The Hall–Kier alpha value is -1.88. The standard InChI is InChI=1S/C9H7N.CHN/c1-2-4-9-7-10-6-5-8(9)3-1;1-2/h1-7H;1H. The van der Waals surface area contributed by atoms with Crippen molar-refractivity contribution >= 4 is 10.8 Å². The molecule has 0 unspecified atom stereocenters. The highest BCUT2D eigenvalue weighted by molar-refractivity contribution is 5.80. The molecule has 1 heterocycles. The number of fused-ring (bicyclic) bond motifs is 1. The highest BCUT2D eigenvalue weighted by Crippen LogP contribution is 2.09. The minimum Gasteiger partial charge on any atom is -0.264 e. The largest absolute Gasteiger partial charge is 0.264 e. The molecule has 12 heavy (non-hydrogen) atoms. The van der Waals surface area contributed by atoms with Crippen molar-refractivity contribution in [3.63, 3.8) is 0 Å². The molecular weight excluding hydrogens is 148 g/mol. The van der Waals surface area contributed by atoms with Gasteiger partial charge in [-0.15, -0.1) is 0 Å². The Kier molecular flexibility index (Phi) is 2.80. The second-order valence-electron chi connectivity index (χ2n) is 2.22. The minimum absolute atomic E-state index is 1.20. The number of nitrogens with zero attached hydrogens (tertiary/aromatic N) is 2. The van der Waals surface area contributed by atoms with Crippen LogP contribution in [0.3, 0.4) is 0 Å². The molecule has 0 fully saturated rings. The number of rotatable bonds is 0. The molecule has 0 atom stereocenters. The van der Waals surface area contributed by atoms with Crippen LogP contribution < -0.4 is 0 Å². The lowest BCUT2D eigenvalue weighted by Gasteiger charge is -1.91. The molecule has 0 saturated heterocycles. The van der Waals surface area contributed by atoms with E-state index < -0.39 is 0 Å². The molecule has 0 spiro atoms. The van der Waals surface area contributed by atoms with Gasteiger partial charge in [-0.2, -0.15) is 0 Å². The van der Waals surface area contributed by atoms with Crippen LogP contribution in [0, 0.1) is 11.8 Å². The summed E-state index contributed by atoms with van der Waals surface area (Å²) in [4.78, 5) is 4.01. The van der Waals surface area contributed by atoms with E-state index in [1.54, 1.807) is 0 Å². The lowest BCUT2D eigenvalue weighted by Crippen LogP contribution is -1.71. The summed E-state index contributed by atoms with van der Waals surface area (Å²) in [6.45, 7) is 3.50. The summed E-state index contributed by atoms with van der Waals surface area (Å²) in [5.74, 6) is 0. The van der Waals surface area contributed by atoms with Gasteiger partial charge in [0.05, 0.1) is 0 Å². The van der Waals surface area contributed by atoms with Gasteiger partial charge in [-0.05, 0) is 16.8 Å². The fourth-order valence-corrected chi connectivity index (χ4v) is 1.03. The van der Waals surface area contributed by atoms with Crippen molar-refractivity contribution in [2.24, 2.45) is 0 Å². The SMILES string of the molecule is C#N.c1ccc2cnccc2c1. The summed E-state index contributed by atoms with van der Waals surface area (Å²) in [7, 11) is 0. The molecule has 1 aromatic heterocycles. The Morgan fingerprint density at radius 3 is 2.33 bits per heavy atom. The molecule has 2 nitrogen and oxygen atoms in total. The van der Waals surface area contributed by atoms with Crippen LogP contribution >= 0.6 is 0 Å². The third kappa shape index (κ3) is 1.58. The molecule has 0 saturated carbocycles. The first kappa shape index (κ1) is 8.22. The molecule has 0 amide bonds. The third-order valence-corrected chi connectivity index (χ3v) is 1.55. The van der Waals surface area contributed by atoms with Crippen LogP contribution in [0.1, 0.15) is 0 Å². The molecule has 0 aliphatic carbocycles. The van der Waals surface area contributed by atoms with Crippen molar-refractivity contribution in [1.82, 2.24) is 4.98 Å². The fourth-order valence-electron chi connectivity index (χ4n) is 1.03. The predicted octanol–water partition coefficient (Wildman–Crippen LogP) is 2.37. The average molecular weight is 156 g/mol. The Labute approximate surface area is 71.1 Å². The van der Waals surface area contributed by atoms with Crippen molar-refractivity contribution < 1.29 is 0 Å². The van der Waals surface area contributed by atoms with E-state index in [1.165, 1.54) is 10.8 Å². The lowest BCUT2D eigenvalue weighted by molar-refractivity contribution is 1.36. The minimum atomic E-state index is 1.20. The van der Waals surface area contributed by atoms with Crippen molar-refractivity contribution in [3.05, 3.63) is 42.7 Å². The zero-order valence-electron chi connectivity index (χ0n) is 6.51. The monoisotopic (exact) mass is 156 g/mol. The summed E-state index contributed by atoms with van der Waals surface area (Å²) < 4.78 is 0. The van der Waals surface area contributed by atoms with Crippen molar-refractivity contribution in [1.29, 1.82) is 5.26 Å². The molecule has 2 aromatic rings. The normalized spacial score (nSPS) is 8.50. The van der Waals surface area contributed by atoms with E-state index in [0.29, 0.717) is 0 Å². The topological polar surface area (TPSA) is 36.7 Å². The van der Waals surface area contributed by atoms with Crippen molar-refractivity contribution in [2.45, 2.75) is 0 Å². The fraction of sp³-hybridized carbons (Fsp3) is 0. The summed E-state index contributed by atoms with van der Waals surface area (Å²) in [5, 5.41) is 8.95. The maximum atomic E-state index is 6.50. The van der Waals surface area contributed by atoms with Crippen LogP contribution in [0.5, 0.6) is 0 Å². The van der Waals surface area contributed by atoms with Gasteiger partial charge >= 0.3 is 0 Å². The highest BCUT2D eigenvalue weighted by Gasteiger charge is 1.86. The Bertz CT molecular complexity index is 314. The summed E-state index contributed by atoms with van der Waals surface area (Å²) in [5.41, 5.74) is 0. The summed E-state index contributed by atoms with van der Waals surface area (Å²) >= 11 is 0. The maximum absolute atomic E-state index is 6.50. The van der Waals surface area contributed by atoms with E-state index in [4.69, 9.17) is 5.26 Å². The van der Waals surface area contributed by atoms with E-state index in [2.05, 4.69) is 23.7 Å². The Morgan fingerprint density at radius 2 is 1.67 bits per heavy atom. The van der Waals surface area contributed by atoms with Crippen LogP contribution in [-0.4, -0.2) is 4.98 Å². The first-order chi connectivity index (χ1) is 5.97. The van der Waals surface area contributed by atoms with Crippen molar-refractivity contribution in [3.8, 4) is 6.57 Å². The van der Waals surface area contributed by atoms with Gasteiger partial charge in [-0.1, -0.05) is 24.3 Å². The molecule has 0 N–H and O–H groups in total. The highest BCUT2D eigenvalue weighted by atomic mass is 14.6. The van der Waals surface area contributed by atoms with E-state index in [-0.39, 0.29) is 0 Å². The summed E-state index contributed by atoms with van der Waals surface area (Å²) in [6, 6.07) is 10.2. The third-order valence-electron chi connectivity index (χ3n) is 1.55. The molecule has 2 rings (SSSR count). The van der Waals surface area contributed by atoms with Gasteiger partial charge in [0.15, 0.2) is 0 Å². The number of aromatic nitrogens is 1. The van der Waals surface area contributed by atoms with E-state index in [1.807, 2.05) is 30.6 Å². The Balaban J connectivity index is 0.000000336. The number of hydrogen-bond donors (Lipinski definition) is 0. The maximum Gasteiger partial charge on any atom is 0.0462 e. The van der Waals surface area contributed by atoms with Crippen LogP contribution in [0.25, 0.3) is 10.8 Å². The van der Waals surface area contributed by atoms with Crippen LogP contribution in [-0.2, 0) is 0 Å². The molecule has 58 valence electrons. The van der Waals surface area contributed by atoms with Gasteiger partial charge in [0.25, 0.3) is 0 Å². The molecule has 0 bridgehead atoms. The van der Waals surface area contributed by atoms with Gasteiger partial charge in [0.2, 0.25) is 0 Å². The van der Waals surface area contributed by atoms with E-state index >= 15 is 0 Å².